The standard InChI is InChI=1S/C24H49FO3S.C8H20N/c1-3-5-7-9-10-11-12-13-14-15-16-17-19-21-23-28-29(26,27)24(25)22-20-18-8-6-4-2;1-5-9(6-2,7-3)8-4/h24H,3-23H2,1-2H3;5-8H2,1-4H3/q;+1. The second-order valence-electron chi connectivity index (χ2n) is 11.1. The number of halogens is 1. The van der Waals surface area contributed by atoms with E-state index in [1.165, 1.54) is 101 Å². The van der Waals surface area contributed by atoms with E-state index in [0.717, 1.165) is 38.5 Å². The summed E-state index contributed by atoms with van der Waals surface area (Å²) in [6, 6.07) is 0. The maximum atomic E-state index is 13.9. The fourth-order valence-corrected chi connectivity index (χ4v) is 5.89. The highest BCUT2D eigenvalue weighted by Gasteiger charge is 2.25. The minimum Gasteiger partial charge on any atom is -0.325 e. The summed E-state index contributed by atoms with van der Waals surface area (Å²) in [5, 5.41) is 0. The van der Waals surface area contributed by atoms with Crippen molar-refractivity contribution in [1.82, 2.24) is 0 Å². The summed E-state index contributed by atoms with van der Waals surface area (Å²) in [6.45, 7) is 18.7. The molecule has 4 nitrogen and oxygen atoms in total. The topological polar surface area (TPSA) is 43.4 Å². The van der Waals surface area contributed by atoms with Gasteiger partial charge in [0.25, 0.3) is 10.1 Å². The van der Waals surface area contributed by atoms with Gasteiger partial charge in [0, 0.05) is 0 Å². The Hall–Kier alpha value is -0.200. The molecule has 0 N–H and O–H groups in total. The molecule has 0 aromatic rings. The first kappa shape index (κ1) is 39.9. The molecule has 0 aromatic heterocycles. The van der Waals surface area contributed by atoms with E-state index in [1.807, 2.05) is 0 Å². The van der Waals surface area contributed by atoms with Gasteiger partial charge in [0.2, 0.25) is 5.50 Å². The van der Waals surface area contributed by atoms with E-state index in [-0.39, 0.29) is 13.0 Å². The van der Waals surface area contributed by atoms with Gasteiger partial charge in [0.1, 0.15) is 0 Å². The Morgan fingerprint density at radius 1 is 0.526 bits per heavy atom. The highest BCUT2D eigenvalue weighted by molar-refractivity contribution is 7.87. The van der Waals surface area contributed by atoms with E-state index in [4.69, 9.17) is 4.18 Å². The van der Waals surface area contributed by atoms with Crippen molar-refractivity contribution in [3.8, 4) is 0 Å². The van der Waals surface area contributed by atoms with Crippen LogP contribution in [0.2, 0.25) is 0 Å². The second kappa shape index (κ2) is 28.3. The molecule has 0 spiro atoms. The first-order valence-corrected chi connectivity index (χ1v) is 18.1. The Kier molecular flexibility index (Phi) is 29.8. The molecule has 38 heavy (non-hydrogen) atoms. The fourth-order valence-electron chi connectivity index (χ4n) is 4.94. The molecule has 0 bridgehead atoms. The van der Waals surface area contributed by atoms with Crippen LogP contribution >= 0.6 is 0 Å². The highest BCUT2D eigenvalue weighted by atomic mass is 32.2. The van der Waals surface area contributed by atoms with E-state index in [0.29, 0.717) is 12.8 Å². The third kappa shape index (κ3) is 23.7. The number of hydrogen-bond acceptors (Lipinski definition) is 3. The molecule has 1 unspecified atom stereocenters. The normalized spacial score (nSPS) is 12.8. The van der Waals surface area contributed by atoms with Crippen molar-refractivity contribution in [2.75, 3.05) is 32.8 Å². The lowest BCUT2D eigenvalue weighted by Crippen LogP contribution is -2.47. The molecule has 0 aliphatic heterocycles. The average molecular weight is 567 g/mol. The lowest BCUT2D eigenvalue weighted by atomic mass is 10.0. The molecule has 0 aliphatic rings. The molecule has 0 amide bonds. The van der Waals surface area contributed by atoms with Crippen molar-refractivity contribution >= 4 is 10.1 Å². The average Bonchev–Trinajstić information content (AvgIpc) is 2.92. The van der Waals surface area contributed by atoms with Gasteiger partial charge in [-0.15, -0.1) is 0 Å². The first-order chi connectivity index (χ1) is 18.3. The maximum absolute atomic E-state index is 13.9. The minimum atomic E-state index is -4.04. The van der Waals surface area contributed by atoms with Crippen LogP contribution in [0.5, 0.6) is 0 Å². The summed E-state index contributed by atoms with van der Waals surface area (Å²) in [5.41, 5.74) is -1.87. The molecule has 0 aromatic carbocycles. The molecule has 0 rings (SSSR count). The molecule has 0 heterocycles. The lowest BCUT2D eigenvalue weighted by Gasteiger charge is -2.34. The third-order valence-corrected chi connectivity index (χ3v) is 9.63. The summed E-state index contributed by atoms with van der Waals surface area (Å²) >= 11 is 0. The van der Waals surface area contributed by atoms with Crippen molar-refractivity contribution in [2.24, 2.45) is 0 Å². The van der Waals surface area contributed by atoms with Crippen LogP contribution in [0.15, 0.2) is 0 Å². The Labute approximate surface area is 239 Å². The predicted molar refractivity (Wildman–Crippen MR) is 166 cm³/mol. The second-order valence-corrected chi connectivity index (χ2v) is 12.9. The monoisotopic (exact) mass is 566 g/mol. The maximum Gasteiger partial charge on any atom is 0.299 e. The van der Waals surface area contributed by atoms with Crippen LogP contribution in [0, 0.1) is 0 Å². The summed E-state index contributed by atoms with van der Waals surface area (Å²) < 4.78 is 43.6. The van der Waals surface area contributed by atoms with Gasteiger partial charge in [-0.3, -0.25) is 4.18 Å². The summed E-state index contributed by atoms with van der Waals surface area (Å²) in [6.07, 6.45) is 22.4. The van der Waals surface area contributed by atoms with Crippen molar-refractivity contribution in [1.29, 1.82) is 0 Å². The van der Waals surface area contributed by atoms with Gasteiger partial charge in [0.15, 0.2) is 0 Å². The highest BCUT2D eigenvalue weighted by Crippen LogP contribution is 2.17. The van der Waals surface area contributed by atoms with Gasteiger partial charge >= 0.3 is 0 Å². The minimum absolute atomic E-state index is 0.0603. The molecule has 232 valence electrons. The molecule has 0 saturated heterocycles. The van der Waals surface area contributed by atoms with Crippen LogP contribution < -0.4 is 0 Å². The summed E-state index contributed by atoms with van der Waals surface area (Å²) in [4.78, 5) is 0. The number of rotatable bonds is 27. The van der Waals surface area contributed by atoms with Gasteiger partial charge in [-0.2, -0.15) is 8.42 Å². The van der Waals surface area contributed by atoms with Crippen molar-refractivity contribution in [2.45, 2.75) is 175 Å². The SMILES string of the molecule is CCCCCCCCCCCCCCCCOS(=O)(=O)C(F)CCCCCCC.CC[N+](CC)(CC)CC. The summed E-state index contributed by atoms with van der Waals surface area (Å²) in [5.74, 6) is 0. The quantitative estimate of drug-likeness (QED) is 0.0564. The zero-order valence-electron chi connectivity index (χ0n) is 26.7. The summed E-state index contributed by atoms with van der Waals surface area (Å²) in [7, 11) is -4.04. The lowest BCUT2D eigenvalue weighted by molar-refractivity contribution is -0.921. The van der Waals surface area contributed by atoms with Gasteiger partial charge in [-0.25, -0.2) is 4.39 Å². The van der Waals surface area contributed by atoms with E-state index < -0.39 is 15.6 Å². The molecule has 0 fully saturated rings. The molecule has 1 atom stereocenters. The van der Waals surface area contributed by atoms with Gasteiger partial charge in [-0.1, -0.05) is 123 Å². The molecule has 0 aliphatic carbocycles. The molecule has 0 radical (unpaired) electrons. The van der Waals surface area contributed by atoms with Crippen molar-refractivity contribution in [3.05, 3.63) is 0 Å². The molecular weight excluding hydrogens is 497 g/mol. The van der Waals surface area contributed by atoms with Crippen molar-refractivity contribution in [3.63, 3.8) is 0 Å². The molecular formula is C32H69FNO3S+. The smallest absolute Gasteiger partial charge is 0.299 e. The third-order valence-electron chi connectivity index (χ3n) is 8.28. The molecule has 6 heteroatoms. The largest absolute Gasteiger partial charge is 0.325 e. The van der Waals surface area contributed by atoms with Crippen LogP contribution in [-0.4, -0.2) is 51.2 Å². The number of alkyl halides is 1. The van der Waals surface area contributed by atoms with Crippen LogP contribution in [0.4, 0.5) is 4.39 Å². The fraction of sp³-hybridized carbons (Fsp3) is 1.00. The van der Waals surface area contributed by atoms with E-state index in [9.17, 15) is 12.8 Å². The predicted octanol–water partition coefficient (Wildman–Crippen LogP) is 10.4. The Morgan fingerprint density at radius 2 is 0.842 bits per heavy atom. The zero-order chi connectivity index (χ0) is 29.0. The van der Waals surface area contributed by atoms with Crippen LogP contribution in [0.3, 0.4) is 0 Å². The van der Waals surface area contributed by atoms with E-state index >= 15 is 0 Å². The number of quaternary nitrogens is 1. The zero-order valence-corrected chi connectivity index (χ0v) is 27.5. The Morgan fingerprint density at radius 3 is 1.16 bits per heavy atom. The Balaban J connectivity index is 0. The Bertz CT molecular complexity index is 550. The number of unbranched alkanes of at least 4 members (excludes halogenated alkanes) is 17. The van der Waals surface area contributed by atoms with E-state index in [1.54, 1.807) is 0 Å². The van der Waals surface area contributed by atoms with Gasteiger partial charge < -0.3 is 4.48 Å². The van der Waals surface area contributed by atoms with Crippen molar-refractivity contribution < 1.29 is 21.5 Å². The number of hydrogen-bond donors (Lipinski definition) is 0. The van der Waals surface area contributed by atoms with Gasteiger partial charge in [-0.05, 0) is 47.0 Å². The van der Waals surface area contributed by atoms with Crippen LogP contribution in [0.25, 0.3) is 0 Å². The molecule has 0 saturated carbocycles. The van der Waals surface area contributed by atoms with Crippen LogP contribution in [0.1, 0.15) is 170 Å². The van der Waals surface area contributed by atoms with Crippen LogP contribution in [-0.2, 0) is 14.3 Å². The van der Waals surface area contributed by atoms with Gasteiger partial charge in [0.05, 0.1) is 32.8 Å². The first-order valence-electron chi connectivity index (χ1n) is 16.7. The van der Waals surface area contributed by atoms with E-state index in [2.05, 4.69) is 41.5 Å². The number of nitrogens with zero attached hydrogens (tertiary/aromatic N) is 1.